The molecule has 0 aliphatic carbocycles. The lowest BCUT2D eigenvalue weighted by atomic mass is 9.89. The standard InChI is InChI=1S/C13H28N2.ClH/c1-11-5-7-15(12(9-11)10-14)8-6-13(2,3)4;/h11-12H,5-10,14H2,1-4H3;1H. The first-order valence-corrected chi connectivity index (χ1v) is 6.36. The van der Waals surface area contributed by atoms with Crippen LogP contribution in [0.5, 0.6) is 0 Å². The lowest BCUT2D eigenvalue weighted by Crippen LogP contribution is -2.47. The number of piperidine rings is 1. The highest BCUT2D eigenvalue weighted by Gasteiger charge is 2.25. The Kier molecular flexibility index (Phi) is 6.92. The van der Waals surface area contributed by atoms with Gasteiger partial charge in [0.15, 0.2) is 0 Å². The average Bonchev–Trinajstić information content (AvgIpc) is 2.14. The van der Waals surface area contributed by atoms with E-state index in [0.29, 0.717) is 11.5 Å². The van der Waals surface area contributed by atoms with Crippen molar-refractivity contribution in [1.82, 2.24) is 4.90 Å². The minimum absolute atomic E-state index is 0. The molecule has 1 aliphatic rings. The number of rotatable bonds is 3. The quantitative estimate of drug-likeness (QED) is 0.832. The molecule has 16 heavy (non-hydrogen) atoms. The summed E-state index contributed by atoms with van der Waals surface area (Å²) in [4.78, 5) is 2.60. The molecule has 1 fully saturated rings. The maximum absolute atomic E-state index is 5.85. The summed E-state index contributed by atoms with van der Waals surface area (Å²) in [5.74, 6) is 0.865. The fourth-order valence-electron chi connectivity index (χ4n) is 2.32. The predicted octanol–water partition coefficient (Wildman–Crippen LogP) is 2.90. The second-order valence-corrected chi connectivity index (χ2v) is 6.37. The van der Waals surface area contributed by atoms with Crippen molar-refractivity contribution in [2.45, 2.75) is 53.0 Å². The van der Waals surface area contributed by atoms with Gasteiger partial charge in [0.2, 0.25) is 0 Å². The Hall–Kier alpha value is 0.210. The van der Waals surface area contributed by atoms with Gasteiger partial charge in [0.25, 0.3) is 0 Å². The normalized spacial score (nSPS) is 27.6. The lowest BCUT2D eigenvalue weighted by Gasteiger charge is -2.39. The molecule has 0 aromatic heterocycles. The van der Waals surface area contributed by atoms with Gasteiger partial charge in [0.1, 0.15) is 0 Å². The largest absolute Gasteiger partial charge is 0.329 e. The highest BCUT2D eigenvalue weighted by molar-refractivity contribution is 5.85. The van der Waals surface area contributed by atoms with Gasteiger partial charge in [0, 0.05) is 12.6 Å². The van der Waals surface area contributed by atoms with E-state index < -0.39 is 0 Å². The molecule has 1 aliphatic heterocycles. The van der Waals surface area contributed by atoms with Crippen LogP contribution in [0.25, 0.3) is 0 Å². The molecule has 0 saturated carbocycles. The molecule has 3 heteroatoms. The third-order valence-electron chi connectivity index (χ3n) is 3.52. The number of nitrogens with zero attached hydrogens (tertiary/aromatic N) is 1. The summed E-state index contributed by atoms with van der Waals surface area (Å²) >= 11 is 0. The maximum Gasteiger partial charge on any atom is 0.0220 e. The molecule has 0 aromatic carbocycles. The van der Waals surface area contributed by atoms with Crippen LogP contribution in [0.2, 0.25) is 0 Å². The van der Waals surface area contributed by atoms with Crippen LogP contribution in [0, 0.1) is 11.3 Å². The minimum Gasteiger partial charge on any atom is -0.329 e. The first kappa shape index (κ1) is 16.2. The Labute approximate surface area is 107 Å². The summed E-state index contributed by atoms with van der Waals surface area (Å²) in [5, 5.41) is 0. The van der Waals surface area contributed by atoms with Crippen molar-refractivity contribution in [3.8, 4) is 0 Å². The average molecular weight is 249 g/mol. The number of hydrogen-bond donors (Lipinski definition) is 1. The number of halogens is 1. The van der Waals surface area contributed by atoms with Crippen molar-refractivity contribution in [2.24, 2.45) is 17.1 Å². The number of hydrogen-bond acceptors (Lipinski definition) is 2. The van der Waals surface area contributed by atoms with Crippen molar-refractivity contribution < 1.29 is 0 Å². The Bertz CT molecular complexity index is 189. The van der Waals surface area contributed by atoms with E-state index in [1.807, 2.05) is 0 Å². The van der Waals surface area contributed by atoms with E-state index in [1.165, 1.54) is 32.4 Å². The molecule has 0 spiro atoms. The van der Waals surface area contributed by atoms with Crippen LogP contribution < -0.4 is 5.73 Å². The molecular weight excluding hydrogens is 220 g/mol. The first-order chi connectivity index (χ1) is 6.92. The van der Waals surface area contributed by atoms with Gasteiger partial charge in [-0.1, -0.05) is 27.7 Å². The molecule has 98 valence electrons. The van der Waals surface area contributed by atoms with Gasteiger partial charge in [-0.3, -0.25) is 4.90 Å². The van der Waals surface area contributed by atoms with Crippen LogP contribution in [0.3, 0.4) is 0 Å². The zero-order valence-corrected chi connectivity index (χ0v) is 12.1. The smallest absolute Gasteiger partial charge is 0.0220 e. The van der Waals surface area contributed by atoms with Crippen LogP contribution in [0.15, 0.2) is 0 Å². The molecule has 1 saturated heterocycles. The summed E-state index contributed by atoms with van der Waals surface area (Å²) in [6.07, 6.45) is 3.92. The molecule has 2 nitrogen and oxygen atoms in total. The molecule has 2 N–H and O–H groups in total. The molecule has 0 bridgehead atoms. The van der Waals surface area contributed by atoms with Crippen LogP contribution in [-0.4, -0.2) is 30.6 Å². The Morgan fingerprint density at radius 2 is 1.94 bits per heavy atom. The van der Waals surface area contributed by atoms with Crippen LogP contribution in [-0.2, 0) is 0 Å². The molecule has 1 rings (SSSR count). The van der Waals surface area contributed by atoms with E-state index in [-0.39, 0.29) is 12.4 Å². The van der Waals surface area contributed by atoms with Gasteiger partial charge >= 0.3 is 0 Å². The van der Waals surface area contributed by atoms with Crippen molar-refractivity contribution in [2.75, 3.05) is 19.6 Å². The van der Waals surface area contributed by atoms with Gasteiger partial charge in [0.05, 0.1) is 0 Å². The SMILES string of the molecule is CC1CCN(CCC(C)(C)C)C(CN)C1.Cl. The second-order valence-electron chi connectivity index (χ2n) is 6.37. The van der Waals surface area contributed by atoms with E-state index in [0.717, 1.165) is 12.5 Å². The van der Waals surface area contributed by atoms with E-state index in [9.17, 15) is 0 Å². The number of nitrogens with two attached hydrogens (primary N) is 1. The molecule has 2 atom stereocenters. The van der Waals surface area contributed by atoms with Crippen LogP contribution in [0.4, 0.5) is 0 Å². The van der Waals surface area contributed by atoms with Gasteiger partial charge in [-0.05, 0) is 43.7 Å². The Morgan fingerprint density at radius 3 is 2.44 bits per heavy atom. The topological polar surface area (TPSA) is 29.3 Å². The van der Waals surface area contributed by atoms with E-state index in [1.54, 1.807) is 0 Å². The minimum atomic E-state index is 0. The molecule has 0 amide bonds. The van der Waals surface area contributed by atoms with E-state index in [2.05, 4.69) is 32.6 Å². The lowest BCUT2D eigenvalue weighted by molar-refractivity contribution is 0.108. The number of likely N-dealkylation sites (tertiary alicyclic amines) is 1. The summed E-state index contributed by atoms with van der Waals surface area (Å²) < 4.78 is 0. The molecule has 0 aromatic rings. The fraction of sp³-hybridized carbons (Fsp3) is 1.00. The van der Waals surface area contributed by atoms with Crippen molar-refractivity contribution >= 4 is 12.4 Å². The van der Waals surface area contributed by atoms with E-state index in [4.69, 9.17) is 5.73 Å². The summed E-state index contributed by atoms with van der Waals surface area (Å²) in [6.45, 7) is 12.6. The maximum atomic E-state index is 5.85. The van der Waals surface area contributed by atoms with Crippen LogP contribution in [0.1, 0.15) is 47.0 Å². The highest BCUT2D eigenvalue weighted by Crippen LogP contribution is 2.25. The van der Waals surface area contributed by atoms with Crippen molar-refractivity contribution in [3.05, 3.63) is 0 Å². The van der Waals surface area contributed by atoms with Gasteiger partial charge in [-0.2, -0.15) is 0 Å². The molecule has 1 heterocycles. The molecule has 2 unspecified atom stereocenters. The van der Waals surface area contributed by atoms with Crippen LogP contribution >= 0.6 is 12.4 Å². The zero-order valence-electron chi connectivity index (χ0n) is 11.3. The second kappa shape index (κ2) is 6.83. The fourth-order valence-corrected chi connectivity index (χ4v) is 2.32. The summed E-state index contributed by atoms with van der Waals surface area (Å²) in [7, 11) is 0. The van der Waals surface area contributed by atoms with Gasteiger partial charge < -0.3 is 5.73 Å². The Balaban J connectivity index is 0.00000225. The predicted molar refractivity (Wildman–Crippen MR) is 74.1 cm³/mol. The third-order valence-corrected chi connectivity index (χ3v) is 3.52. The summed E-state index contributed by atoms with van der Waals surface area (Å²) in [6, 6.07) is 0.635. The third kappa shape index (κ3) is 5.51. The first-order valence-electron chi connectivity index (χ1n) is 6.36. The van der Waals surface area contributed by atoms with Gasteiger partial charge in [-0.15, -0.1) is 12.4 Å². The Morgan fingerprint density at radius 1 is 1.31 bits per heavy atom. The molecule has 0 radical (unpaired) electrons. The van der Waals surface area contributed by atoms with Gasteiger partial charge in [-0.25, -0.2) is 0 Å². The zero-order chi connectivity index (χ0) is 11.5. The monoisotopic (exact) mass is 248 g/mol. The molecular formula is C13H29ClN2. The van der Waals surface area contributed by atoms with E-state index >= 15 is 0 Å². The highest BCUT2D eigenvalue weighted by atomic mass is 35.5. The van der Waals surface area contributed by atoms with Crippen molar-refractivity contribution in [1.29, 1.82) is 0 Å². The summed E-state index contributed by atoms with van der Waals surface area (Å²) in [5.41, 5.74) is 6.30. The van der Waals surface area contributed by atoms with Crippen molar-refractivity contribution in [3.63, 3.8) is 0 Å².